The molecule has 2 N–H and O–H groups in total. The van der Waals surface area contributed by atoms with Crippen LogP contribution in [0.3, 0.4) is 0 Å². The van der Waals surface area contributed by atoms with Crippen molar-refractivity contribution in [1.82, 2.24) is 5.32 Å². The smallest absolute Gasteiger partial charge is 0.263 e. The first-order chi connectivity index (χ1) is 7.58. The van der Waals surface area contributed by atoms with E-state index < -0.39 is 0 Å². The number of carbonyl (C=O) groups excluding carboxylic acids is 1. The second-order valence-corrected chi connectivity index (χ2v) is 5.16. The number of carbonyl (C=O) groups is 1. The van der Waals surface area contributed by atoms with E-state index >= 15 is 0 Å². The predicted octanol–water partition coefficient (Wildman–Crippen LogP) is 2.53. The molecular formula is C10H6ClNO2S2. The highest BCUT2D eigenvalue weighted by atomic mass is 35.5. The highest BCUT2D eigenvalue weighted by Crippen LogP contribution is 2.32. The molecule has 2 rings (SSSR count). The van der Waals surface area contributed by atoms with E-state index in [1.807, 2.05) is 0 Å². The monoisotopic (exact) mass is 271 g/mol. The van der Waals surface area contributed by atoms with Crippen molar-refractivity contribution in [2.24, 2.45) is 0 Å². The number of halogens is 1. The molecule has 1 saturated heterocycles. The lowest BCUT2D eigenvalue weighted by molar-refractivity contribution is -0.115. The van der Waals surface area contributed by atoms with Gasteiger partial charge in [-0.1, -0.05) is 47.7 Å². The fourth-order valence-corrected chi connectivity index (χ4v) is 2.43. The molecule has 0 unspecified atom stereocenters. The van der Waals surface area contributed by atoms with Gasteiger partial charge in [-0.2, -0.15) is 0 Å². The van der Waals surface area contributed by atoms with E-state index in [4.69, 9.17) is 23.8 Å². The van der Waals surface area contributed by atoms with E-state index in [2.05, 4.69) is 5.32 Å². The molecule has 1 aromatic carbocycles. The van der Waals surface area contributed by atoms with Gasteiger partial charge in [-0.05, 0) is 12.1 Å². The van der Waals surface area contributed by atoms with E-state index in [9.17, 15) is 9.90 Å². The molecule has 82 valence electrons. The molecule has 6 heteroatoms. The molecule has 0 spiro atoms. The van der Waals surface area contributed by atoms with Gasteiger partial charge in [-0.25, -0.2) is 0 Å². The molecule has 1 aliphatic heterocycles. The second kappa shape index (κ2) is 4.45. The molecule has 0 aromatic heterocycles. The van der Waals surface area contributed by atoms with Gasteiger partial charge < -0.3 is 10.4 Å². The Balaban J connectivity index is 2.40. The number of para-hydroxylation sites is 1. The summed E-state index contributed by atoms with van der Waals surface area (Å²) < 4.78 is 0.415. The number of benzene rings is 1. The highest BCUT2D eigenvalue weighted by Gasteiger charge is 2.22. The number of hydrogen-bond donors (Lipinski definition) is 2. The summed E-state index contributed by atoms with van der Waals surface area (Å²) in [6.45, 7) is 0. The van der Waals surface area contributed by atoms with Gasteiger partial charge in [0.15, 0.2) is 0 Å². The fraction of sp³-hybridized carbons (Fsp3) is 0. The van der Waals surface area contributed by atoms with Gasteiger partial charge in [0.05, 0.1) is 9.93 Å². The number of phenolic OH excluding ortho intramolecular Hbond substituents is 1. The first-order valence-electron chi connectivity index (χ1n) is 4.30. The van der Waals surface area contributed by atoms with Crippen molar-refractivity contribution in [3.05, 3.63) is 33.7 Å². The zero-order chi connectivity index (χ0) is 11.7. The van der Waals surface area contributed by atoms with Crippen molar-refractivity contribution in [3.8, 4) is 5.75 Å². The number of thiocarbonyl (C=S) groups is 1. The molecule has 0 radical (unpaired) electrons. The van der Waals surface area contributed by atoms with Crippen molar-refractivity contribution in [3.63, 3.8) is 0 Å². The van der Waals surface area contributed by atoms with E-state index in [1.165, 1.54) is 0 Å². The van der Waals surface area contributed by atoms with Crippen LogP contribution < -0.4 is 5.32 Å². The molecule has 3 nitrogen and oxygen atoms in total. The second-order valence-electron chi connectivity index (χ2n) is 3.03. The summed E-state index contributed by atoms with van der Waals surface area (Å²) in [6.07, 6.45) is 1.56. The Morgan fingerprint density at radius 2 is 2.25 bits per heavy atom. The summed E-state index contributed by atoms with van der Waals surface area (Å²) in [5, 5.41) is 12.4. The van der Waals surface area contributed by atoms with Crippen LogP contribution in [0.1, 0.15) is 5.56 Å². The molecule has 0 atom stereocenters. The minimum absolute atomic E-state index is 0.0390. The number of aromatic hydroxyl groups is 1. The largest absolute Gasteiger partial charge is 0.506 e. The minimum atomic E-state index is -0.255. The lowest BCUT2D eigenvalue weighted by Gasteiger charge is -2.01. The maximum atomic E-state index is 11.4. The molecule has 0 aliphatic carbocycles. The predicted molar refractivity (Wildman–Crippen MR) is 69.4 cm³/mol. The lowest BCUT2D eigenvalue weighted by atomic mass is 10.2. The Kier molecular flexibility index (Phi) is 3.18. The summed E-state index contributed by atoms with van der Waals surface area (Å²) in [5.74, 6) is -0.294. The Bertz CT molecular complexity index is 514. The van der Waals surface area contributed by atoms with Crippen LogP contribution >= 0.6 is 35.6 Å². The standard InChI is InChI=1S/C10H6ClNO2S2/c11-6-3-1-2-5(8(6)13)4-7-9(14)12-10(15)16-7/h1-4,13H,(H,12,14,15)/b7-4-. The van der Waals surface area contributed by atoms with Crippen molar-refractivity contribution in [2.45, 2.75) is 0 Å². The van der Waals surface area contributed by atoms with Gasteiger partial charge in [-0.15, -0.1) is 0 Å². The molecular weight excluding hydrogens is 266 g/mol. The molecule has 1 fully saturated rings. The maximum absolute atomic E-state index is 11.4. The third-order valence-corrected chi connectivity index (χ3v) is 3.41. The minimum Gasteiger partial charge on any atom is -0.506 e. The number of phenols is 1. The molecule has 1 heterocycles. The van der Waals surface area contributed by atoms with E-state index in [-0.39, 0.29) is 16.7 Å². The molecule has 1 aliphatic rings. The van der Waals surface area contributed by atoms with Crippen LogP contribution in [0.25, 0.3) is 6.08 Å². The molecule has 0 bridgehead atoms. The van der Waals surface area contributed by atoms with Crippen molar-refractivity contribution < 1.29 is 9.90 Å². The fourth-order valence-electron chi connectivity index (χ4n) is 1.21. The van der Waals surface area contributed by atoms with Gasteiger partial charge in [0.25, 0.3) is 5.91 Å². The van der Waals surface area contributed by atoms with Crippen LogP contribution in [0.15, 0.2) is 23.1 Å². The van der Waals surface area contributed by atoms with Crippen LogP contribution in [0.5, 0.6) is 5.75 Å². The van der Waals surface area contributed by atoms with E-state index in [1.54, 1.807) is 24.3 Å². The van der Waals surface area contributed by atoms with Crippen molar-refractivity contribution in [2.75, 3.05) is 0 Å². The SMILES string of the molecule is O=C1NC(=S)S/C1=C\c1cccc(Cl)c1O. The van der Waals surface area contributed by atoms with E-state index in [0.717, 1.165) is 11.8 Å². The lowest BCUT2D eigenvalue weighted by Crippen LogP contribution is -2.17. The van der Waals surface area contributed by atoms with Gasteiger partial charge in [0, 0.05) is 5.56 Å². The third kappa shape index (κ3) is 2.21. The number of hydrogen-bond acceptors (Lipinski definition) is 4. The summed E-state index contributed by atoms with van der Waals surface area (Å²) in [4.78, 5) is 11.8. The summed E-state index contributed by atoms with van der Waals surface area (Å²) >= 11 is 11.8. The average molecular weight is 272 g/mol. The molecule has 1 aromatic rings. The van der Waals surface area contributed by atoms with Crippen LogP contribution in [0, 0.1) is 0 Å². The zero-order valence-electron chi connectivity index (χ0n) is 7.86. The molecule has 1 amide bonds. The van der Waals surface area contributed by atoms with Gasteiger partial charge >= 0.3 is 0 Å². The highest BCUT2D eigenvalue weighted by molar-refractivity contribution is 8.26. The number of thioether (sulfide) groups is 1. The third-order valence-electron chi connectivity index (χ3n) is 1.95. The topological polar surface area (TPSA) is 49.3 Å². The summed E-state index contributed by atoms with van der Waals surface area (Å²) in [6, 6.07) is 4.94. The van der Waals surface area contributed by atoms with Gasteiger partial charge in [0.1, 0.15) is 10.1 Å². The summed E-state index contributed by atoms with van der Waals surface area (Å²) in [7, 11) is 0. The van der Waals surface area contributed by atoms with Crippen molar-refractivity contribution in [1.29, 1.82) is 0 Å². The number of rotatable bonds is 1. The average Bonchev–Trinajstić information content (AvgIpc) is 2.53. The van der Waals surface area contributed by atoms with Crippen molar-refractivity contribution >= 4 is 51.9 Å². The quantitative estimate of drug-likeness (QED) is 0.609. The van der Waals surface area contributed by atoms with Crippen LogP contribution in [-0.4, -0.2) is 15.3 Å². The first kappa shape index (κ1) is 11.4. The van der Waals surface area contributed by atoms with E-state index in [0.29, 0.717) is 14.8 Å². The molecule has 16 heavy (non-hydrogen) atoms. The van der Waals surface area contributed by atoms with Gasteiger partial charge in [-0.3, -0.25) is 4.79 Å². The van der Waals surface area contributed by atoms with Gasteiger partial charge in [0.2, 0.25) is 0 Å². The Morgan fingerprint density at radius 3 is 2.88 bits per heavy atom. The summed E-state index contributed by atoms with van der Waals surface area (Å²) in [5.41, 5.74) is 0.495. The maximum Gasteiger partial charge on any atom is 0.263 e. The number of nitrogens with one attached hydrogen (secondary N) is 1. The normalized spacial score (nSPS) is 17.9. The Labute approximate surface area is 106 Å². The van der Waals surface area contributed by atoms with Crippen LogP contribution in [0.4, 0.5) is 0 Å². The number of amides is 1. The van der Waals surface area contributed by atoms with Crippen LogP contribution in [-0.2, 0) is 4.79 Å². The zero-order valence-corrected chi connectivity index (χ0v) is 10.2. The first-order valence-corrected chi connectivity index (χ1v) is 5.90. The Hall–Kier alpha value is -1.04. The van der Waals surface area contributed by atoms with Crippen LogP contribution in [0.2, 0.25) is 5.02 Å². The molecule has 0 saturated carbocycles. The Morgan fingerprint density at radius 1 is 1.50 bits per heavy atom.